The second kappa shape index (κ2) is 6.81. The summed E-state index contributed by atoms with van der Waals surface area (Å²) in [6.45, 7) is 0. The third-order valence-corrected chi connectivity index (χ3v) is 3.80. The average Bonchev–Trinajstić information content (AvgIpc) is 2.48. The fourth-order valence-electron chi connectivity index (χ4n) is 2.94. The van der Waals surface area contributed by atoms with Crippen LogP contribution in [0.15, 0.2) is 36.4 Å². The van der Waals surface area contributed by atoms with E-state index in [2.05, 4.69) is 0 Å². The van der Waals surface area contributed by atoms with Crippen molar-refractivity contribution in [1.82, 2.24) is 0 Å². The number of phenols is 2. The lowest BCUT2D eigenvalue weighted by molar-refractivity contribution is -0.110. The van der Waals surface area contributed by atoms with Crippen LogP contribution in [-0.2, 0) is 9.59 Å². The maximum atomic E-state index is 11.5. The summed E-state index contributed by atoms with van der Waals surface area (Å²) in [4.78, 5) is 22.9. The zero-order valence-corrected chi connectivity index (χ0v) is 12.9. The molecule has 4 nitrogen and oxygen atoms in total. The number of fused-ring (bicyclic) bond motifs is 2. The van der Waals surface area contributed by atoms with E-state index in [1.165, 1.54) is 12.1 Å². The molecular weight excluding hydrogens is 327 g/mol. The first-order valence-electron chi connectivity index (χ1n) is 6.23. The first kappa shape index (κ1) is 18.0. The molecule has 0 aromatic heterocycles. The van der Waals surface area contributed by atoms with Crippen LogP contribution in [0.2, 0.25) is 0 Å². The van der Waals surface area contributed by atoms with Gasteiger partial charge in [-0.3, -0.25) is 0 Å². The molecule has 2 unspecified atom stereocenters. The lowest BCUT2D eigenvalue weighted by Crippen LogP contribution is -2.20. The van der Waals surface area contributed by atoms with Gasteiger partial charge in [0, 0.05) is 11.1 Å². The minimum atomic E-state index is -0.676. The number of halogens is 2. The highest BCUT2D eigenvalue weighted by atomic mass is 35.5. The van der Waals surface area contributed by atoms with Gasteiger partial charge in [0.25, 0.3) is 0 Å². The minimum absolute atomic E-state index is 0. The Morgan fingerprint density at radius 1 is 0.727 bits per heavy atom. The molecule has 2 atom stereocenters. The van der Waals surface area contributed by atoms with E-state index in [0.29, 0.717) is 22.3 Å². The molecular formula is C16H14Cl2O4. The van der Waals surface area contributed by atoms with Gasteiger partial charge in [0.2, 0.25) is 0 Å². The second-order valence-electron chi connectivity index (χ2n) is 4.79. The van der Waals surface area contributed by atoms with Crippen LogP contribution in [0.5, 0.6) is 11.5 Å². The molecule has 0 bridgehead atoms. The van der Waals surface area contributed by atoms with Gasteiger partial charge < -0.3 is 19.8 Å². The number of carbonyl (C=O) groups excluding carboxylic acids is 2. The quantitative estimate of drug-likeness (QED) is 0.651. The fraction of sp³-hybridized carbons (Fsp3) is 0.125. The standard InChI is InChI=1S/C16H12O4.2ClH/c17-7-11-9-3-1-2-4-10(9)12(8-18)16-14(20)6-5-13(19)15(11)16;;/h1-8,11-12,19-20H;2*1H. The Morgan fingerprint density at radius 3 is 1.41 bits per heavy atom. The van der Waals surface area contributed by atoms with Crippen LogP contribution < -0.4 is 0 Å². The summed E-state index contributed by atoms with van der Waals surface area (Å²) in [6, 6.07) is 9.75. The van der Waals surface area contributed by atoms with Crippen molar-refractivity contribution < 1.29 is 19.8 Å². The molecule has 1 aliphatic carbocycles. The Hall–Kier alpha value is -2.04. The van der Waals surface area contributed by atoms with E-state index < -0.39 is 11.8 Å². The van der Waals surface area contributed by atoms with Crippen LogP contribution >= 0.6 is 24.8 Å². The van der Waals surface area contributed by atoms with E-state index in [4.69, 9.17) is 0 Å². The molecule has 0 saturated carbocycles. The second-order valence-corrected chi connectivity index (χ2v) is 4.79. The van der Waals surface area contributed by atoms with Gasteiger partial charge in [-0.15, -0.1) is 24.8 Å². The van der Waals surface area contributed by atoms with Crippen LogP contribution in [0.3, 0.4) is 0 Å². The maximum absolute atomic E-state index is 11.5. The van der Waals surface area contributed by atoms with Crippen LogP contribution in [0.25, 0.3) is 0 Å². The summed E-state index contributed by atoms with van der Waals surface area (Å²) < 4.78 is 0. The Labute approximate surface area is 139 Å². The van der Waals surface area contributed by atoms with Crippen molar-refractivity contribution in [2.24, 2.45) is 0 Å². The molecule has 116 valence electrons. The summed E-state index contributed by atoms with van der Waals surface area (Å²) >= 11 is 0. The molecule has 0 heterocycles. The number of phenolic OH excluding ortho intramolecular Hbond substituents is 2. The third-order valence-electron chi connectivity index (χ3n) is 3.80. The molecule has 0 aliphatic heterocycles. The summed E-state index contributed by atoms with van der Waals surface area (Å²) in [6.07, 6.45) is 1.44. The largest absolute Gasteiger partial charge is 0.508 e. The molecule has 22 heavy (non-hydrogen) atoms. The molecule has 2 N–H and O–H groups in total. The summed E-state index contributed by atoms with van der Waals surface area (Å²) in [7, 11) is 0. The lowest BCUT2D eigenvalue weighted by atomic mass is 9.72. The van der Waals surface area contributed by atoms with Gasteiger partial charge in [-0.1, -0.05) is 24.3 Å². The van der Waals surface area contributed by atoms with Crippen LogP contribution in [0, 0.1) is 0 Å². The van der Waals surface area contributed by atoms with Crippen LogP contribution in [-0.4, -0.2) is 22.8 Å². The van der Waals surface area contributed by atoms with Crippen LogP contribution in [0.1, 0.15) is 34.1 Å². The molecule has 0 fully saturated rings. The molecule has 0 radical (unpaired) electrons. The van der Waals surface area contributed by atoms with Crippen molar-refractivity contribution >= 4 is 37.4 Å². The van der Waals surface area contributed by atoms with E-state index in [1.54, 1.807) is 24.3 Å². The van der Waals surface area contributed by atoms with Crippen molar-refractivity contribution in [2.45, 2.75) is 11.8 Å². The summed E-state index contributed by atoms with van der Waals surface area (Å²) in [5, 5.41) is 20.1. The van der Waals surface area contributed by atoms with Crippen molar-refractivity contribution in [2.75, 3.05) is 0 Å². The minimum Gasteiger partial charge on any atom is -0.508 e. The van der Waals surface area contributed by atoms with Gasteiger partial charge in [0.1, 0.15) is 24.1 Å². The van der Waals surface area contributed by atoms with E-state index in [9.17, 15) is 19.8 Å². The molecule has 0 amide bonds. The van der Waals surface area contributed by atoms with Gasteiger partial charge in [-0.2, -0.15) is 0 Å². The summed E-state index contributed by atoms with van der Waals surface area (Å²) in [5.41, 5.74) is 2.01. The van der Waals surface area contributed by atoms with Gasteiger partial charge in [0.05, 0.1) is 11.8 Å². The molecule has 0 saturated heterocycles. The Balaban J connectivity index is 0.00000121. The first-order chi connectivity index (χ1) is 9.69. The van der Waals surface area contributed by atoms with Crippen molar-refractivity contribution in [3.8, 4) is 11.5 Å². The smallest absolute Gasteiger partial charge is 0.132 e. The number of aldehydes is 2. The maximum Gasteiger partial charge on any atom is 0.132 e. The predicted molar refractivity (Wildman–Crippen MR) is 86.5 cm³/mol. The zero-order chi connectivity index (χ0) is 14.3. The highest BCUT2D eigenvalue weighted by Gasteiger charge is 2.35. The molecule has 6 heteroatoms. The number of benzene rings is 2. The van der Waals surface area contributed by atoms with Crippen molar-refractivity contribution in [3.05, 3.63) is 58.7 Å². The fourth-order valence-corrected chi connectivity index (χ4v) is 2.94. The first-order valence-corrected chi connectivity index (χ1v) is 6.23. The molecule has 1 aliphatic rings. The van der Waals surface area contributed by atoms with E-state index in [1.807, 2.05) is 0 Å². The lowest BCUT2D eigenvalue weighted by Gasteiger charge is -2.30. The molecule has 3 rings (SSSR count). The molecule has 2 aromatic rings. The number of rotatable bonds is 2. The SMILES string of the molecule is Cl.Cl.O=CC1c2ccccc2C(C=O)c2c(O)ccc(O)c21. The number of aromatic hydroxyl groups is 2. The van der Waals surface area contributed by atoms with Gasteiger partial charge in [-0.25, -0.2) is 0 Å². The van der Waals surface area contributed by atoms with Gasteiger partial charge in [-0.05, 0) is 23.3 Å². The normalized spacial score (nSPS) is 18.0. The predicted octanol–water partition coefficient (Wildman–Crippen LogP) is 2.92. The van der Waals surface area contributed by atoms with Crippen molar-refractivity contribution in [1.29, 1.82) is 0 Å². The Bertz CT molecular complexity index is 655. The van der Waals surface area contributed by atoms with Crippen LogP contribution in [0.4, 0.5) is 0 Å². The van der Waals surface area contributed by atoms with E-state index in [0.717, 1.165) is 12.6 Å². The number of carbonyl (C=O) groups is 2. The highest BCUT2D eigenvalue weighted by molar-refractivity contribution is 5.85. The number of hydrogen-bond donors (Lipinski definition) is 2. The van der Waals surface area contributed by atoms with E-state index >= 15 is 0 Å². The van der Waals surface area contributed by atoms with Gasteiger partial charge in [0.15, 0.2) is 0 Å². The molecule has 2 aromatic carbocycles. The topological polar surface area (TPSA) is 74.6 Å². The highest BCUT2D eigenvalue weighted by Crippen LogP contribution is 2.48. The number of hydrogen-bond acceptors (Lipinski definition) is 4. The average molecular weight is 341 g/mol. The van der Waals surface area contributed by atoms with E-state index in [-0.39, 0.29) is 36.3 Å². The Morgan fingerprint density at radius 2 is 1.09 bits per heavy atom. The molecule has 0 spiro atoms. The summed E-state index contributed by atoms with van der Waals surface area (Å²) in [5.74, 6) is -1.53. The Kier molecular flexibility index (Phi) is 5.58. The zero-order valence-electron chi connectivity index (χ0n) is 11.3. The third kappa shape index (κ3) is 2.45. The monoisotopic (exact) mass is 340 g/mol. The van der Waals surface area contributed by atoms with Gasteiger partial charge >= 0.3 is 0 Å². The van der Waals surface area contributed by atoms with Crippen molar-refractivity contribution in [3.63, 3.8) is 0 Å².